The van der Waals surface area contributed by atoms with Crippen LogP contribution < -0.4 is 9.64 Å². The normalized spacial score (nSPS) is 25.5. The lowest BCUT2D eigenvalue weighted by atomic mass is 10.2. The van der Waals surface area contributed by atoms with Gasteiger partial charge in [0.15, 0.2) is 15.0 Å². The summed E-state index contributed by atoms with van der Waals surface area (Å²) in [5, 5.41) is 0.854. The van der Waals surface area contributed by atoms with Gasteiger partial charge in [0.1, 0.15) is 5.75 Å². The topological polar surface area (TPSA) is 76.0 Å². The van der Waals surface area contributed by atoms with E-state index in [0.29, 0.717) is 22.4 Å². The fraction of sp³-hybridized carbons (Fsp3) is 0.529. The predicted molar refractivity (Wildman–Crippen MR) is 106 cm³/mol. The number of amidine groups is 1. The second-order valence-electron chi connectivity index (χ2n) is 6.38. The largest absolute Gasteiger partial charge is 0.495 e. The molecule has 0 saturated carbocycles. The summed E-state index contributed by atoms with van der Waals surface area (Å²) in [6.07, 6.45) is 2.10. The number of hydrogen-bond acceptors (Lipinski definition) is 5. The summed E-state index contributed by atoms with van der Waals surface area (Å²) in [6.45, 7) is 2.02. The second-order valence-corrected chi connectivity index (χ2v) is 10.1. The molecule has 26 heavy (non-hydrogen) atoms. The summed E-state index contributed by atoms with van der Waals surface area (Å²) in [6, 6.07) is 5.02. The molecule has 1 aromatic rings. The predicted octanol–water partition coefficient (Wildman–Crippen LogP) is 3.14. The van der Waals surface area contributed by atoms with E-state index in [2.05, 4.69) is 4.99 Å². The van der Waals surface area contributed by atoms with E-state index in [9.17, 15) is 13.2 Å². The Morgan fingerprint density at radius 1 is 1.42 bits per heavy atom. The molecule has 142 valence electrons. The standard InChI is InChI=1S/C17H21ClN2O4S2/c1-3-4-5-16(21)19-17-20(11-6-7-14(24-2)12(18)8-11)13-9-26(22,23)10-15(13)25-17/h6-8,13,15H,3-5,9-10H2,1-2H3/t13-,15+/m1/s1. The third-order valence-corrected chi connectivity index (χ3v) is 7.95. The molecule has 1 aromatic carbocycles. The van der Waals surface area contributed by atoms with Gasteiger partial charge in [0.25, 0.3) is 0 Å². The van der Waals surface area contributed by atoms with Crippen LogP contribution in [0.1, 0.15) is 26.2 Å². The molecule has 2 aliphatic heterocycles. The van der Waals surface area contributed by atoms with Crippen LogP contribution in [0.5, 0.6) is 5.75 Å². The van der Waals surface area contributed by atoms with Gasteiger partial charge in [-0.15, -0.1) is 0 Å². The minimum Gasteiger partial charge on any atom is -0.495 e. The van der Waals surface area contributed by atoms with Crippen molar-refractivity contribution in [3.05, 3.63) is 23.2 Å². The molecule has 2 saturated heterocycles. The number of carbonyl (C=O) groups excluding carboxylic acids is 1. The van der Waals surface area contributed by atoms with Crippen molar-refractivity contribution in [1.82, 2.24) is 0 Å². The summed E-state index contributed by atoms with van der Waals surface area (Å²) < 4.78 is 29.3. The van der Waals surface area contributed by atoms with Gasteiger partial charge < -0.3 is 9.64 Å². The average molecular weight is 417 g/mol. The smallest absolute Gasteiger partial charge is 0.248 e. The molecular weight excluding hydrogens is 396 g/mol. The third kappa shape index (κ3) is 4.02. The first-order valence-electron chi connectivity index (χ1n) is 8.46. The molecule has 0 aromatic heterocycles. The fourth-order valence-electron chi connectivity index (χ4n) is 3.16. The number of carbonyl (C=O) groups is 1. The number of thioether (sulfide) groups is 1. The van der Waals surface area contributed by atoms with Crippen LogP contribution in [0.2, 0.25) is 5.02 Å². The highest BCUT2D eigenvalue weighted by atomic mass is 35.5. The van der Waals surface area contributed by atoms with E-state index in [1.165, 1.54) is 18.9 Å². The Balaban J connectivity index is 1.96. The molecule has 1 amide bonds. The number of unbranched alkanes of at least 4 members (excludes halogenated alkanes) is 1. The van der Waals surface area contributed by atoms with E-state index >= 15 is 0 Å². The van der Waals surface area contributed by atoms with E-state index in [0.717, 1.165) is 18.5 Å². The fourth-order valence-corrected chi connectivity index (χ4v) is 7.35. The molecule has 0 aliphatic carbocycles. The summed E-state index contributed by atoms with van der Waals surface area (Å²) in [7, 11) is -1.56. The number of aliphatic imine (C=N–C) groups is 1. The molecule has 0 unspecified atom stereocenters. The lowest BCUT2D eigenvalue weighted by Gasteiger charge is -2.25. The first kappa shape index (κ1) is 19.5. The molecule has 0 spiro atoms. The summed E-state index contributed by atoms with van der Waals surface area (Å²) in [5.74, 6) is 0.513. The molecule has 0 bridgehead atoms. The number of benzene rings is 1. The Bertz CT molecular complexity index is 841. The van der Waals surface area contributed by atoms with Crippen molar-refractivity contribution in [3.63, 3.8) is 0 Å². The maximum Gasteiger partial charge on any atom is 0.248 e. The summed E-state index contributed by atoms with van der Waals surface area (Å²) >= 11 is 7.61. The lowest BCUT2D eigenvalue weighted by Crippen LogP contribution is -2.37. The second kappa shape index (κ2) is 7.78. The number of ether oxygens (including phenoxy) is 1. The van der Waals surface area contributed by atoms with E-state index in [1.54, 1.807) is 12.1 Å². The van der Waals surface area contributed by atoms with Crippen LogP contribution in [0.3, 0.4) is 0 Å². The number of fused-ring (bicyclic) bond motifs is 1. The monoisotopic (exact) mass is 416 g/mol. The van der Waals surface area contributed by atoms with Gasteiger partial charge in [-0.25, -0.2) is 8.42 Å². The number of nitrogens with zero attached hydrogens (tertiary/aromatic N) is 2. The van der Waals surface area contributed by atoms with E-state index in [-0.39, 0.29) is 28.7 Å². The van der Waals surface area contributed by atoms with Crippen molar-refractivity contribution in [2.24, 2.45) is 4.99 Å². The van der Waals surface area contributed by atoms with Gasteiger partial charge in [0, 0.05) is 17.4 Å². The lowest BCUT2D eigenvalue weighted by molar-refractivity contribution is -0.117. The van der Waals surface area contributed by atoms with Crippen molar-refractivity contribution in [3.8, 4) is 5.75 Å². The zero-order valence-electron chi connectivity index (χ0n) is 14.6. The molecule has 2 atom stereocenters. The number of amides is 1. The zero-order chi connectivity index (χ0) is 18.9. The Labute approximate surface area is 162 Å². The first-order chi connectivity index (χ1) is 12.3. The van der Waals surface area contributed by atoms with E-state index < -0.39 is 9.84 Å². The third-order valence-electron chi connectivity index (χ3n) is 4.44. The van der Waals surface area contributed by atoms with Crippen molar-refractivity contribution in [1.29, 1.82) is 0 Å². The summed E-state index contributed by atoms with van der Waals surface area (Å²) in [4.78, 5) is 18.3. The Hall–Kier alpha value is -1.25. The highest BCUT2D eigenvalue weighted by molar-refractivity contribution is 8.16. The van der Waals surface area contributed by atoms with Crippen LogP contribution in [-0.2, 0) is 14.6 Å². The average Bonchev–Trinajstić information content (AvgIpc) is 3.03. The Kier molecular flexibility index (Phi) is 5.84. The zero-order valence-corrected chi connectivity index (χ0v) is 17.0. The Morgan fingerprint density at radius 2 is 2.19 bits per heavy atom. The summed E-state index contributed by atoms with van der Waals surface area (Å²) in [5.41, 5.74) is 0.718. The van der Waals surface area contributed by atoms with Crippen molar-refractivity contribution in [2.75, 3.05) is 23.5 Å². The number of anilines is 1. The molecule has 2 aliphatic rings. The van der Waals surface area contributed by atoms with Crippen LogP contribution in [0.4, 0.5) is 5.69 Å². The van der Waals surface area contributed by atoms with Crippen LogP contribution in [-0.4, -0.2) is 49.4 Å². The van der Waals surface area contributed by atoms with Gasteiger partial charge in [0.05, 0.1) is 29.7 Å². The van der Waals surface area contributed by atoms with E-state index in [4.69, 9.17) is 16.3 Å². The quantitative estimate of drug-likeness (QED) is 0.733. The number of rotatable bonds is 5. The molecule has 6 nitrogen and oxygen atoms in total. The molecule has 0 N–H and O–H groups in total. The van der Waals surface area contributed by atoms with Crippen molar-refractivity contribution < 1.29 is 17.9 Å². The minimum atomic E-state index is -3.10. The first-order valence-corrected chi connectivity index (χ1v) is 11.5. The van der Waals surface area contributed by atoms with E-state index in [1.807, 2.05) is 17.9 Å². The van der Waals surface area contributed by atoms with Crippen LogP contribution in [0.15, 0.2) is 23.2 Å². The van der Waals surface area contributed by atoms with Gasteiger partial charge in [-0.2, -0.15) is 4.99 Å². The van der Waals surface area contributed by atoms with Crippen LogP contribution in [0.25, 0.3) is 0 Å². The molecule has 2 heterocycles. The number of hydrogen-bond donors (Lipinski definition) is 0. The van der Waals surface area contributed by atoms with Gasteiger partial charge in [0.2, 0.25) is 5.91 Å². The Morgan fingerprint density at radius 3 is 2.85 bits per heavy atom. The maximum absolute atomic E-state index is 12.2. The van der Waals surface area contributed by atoms with Gasteiger partial charge in [-0.3, -0.25) is 4.79 Å². The van der Waals surface area contributed by atoms with Crippen LogP contribution in [0, 0.1) is 0 Å². The van der Waals surface area contributed by atoms with Gasteiger partial charge in [-0.05, 0) is 24.6 Å². The van der Waals surface area contributed by atoms with Crippen molar-refractivity contribution >= 4 is 50.0 Å². The molecule has 9 heteroatoms. The number of methoxy groups -OCH3 is 1. The molecule has 3 rings (SSSR count). The SMILES string of the molecule is CCCCC(=O)N=C1S[C@H]2CS(=O)(=O)C[C@H]2N1c1ccc(OC)c(Cl)c1. The maximum atomic E-state index is 12.2. The number of sulfone groups is 1. The van der Waals surface area contributed by atoms with Gasteiger partial charge >= 0.3 is 0 Å². The number of halogens is 1. The van der Waals surface area contributed by atoms with Gasteiger partial charge in [-0.1, -0.05) is 36.7 Å². The highest BCUT2D eigenvalue weighted by Crippen LogP contribution is 2.42. The van der Waals surface area contributed by atoms with Crippen molar-refractivity contribution in [2.45, 2.75) is 37.5 Å². The highest BCUT2D eigenvalue weighted by Gasteiger charge is 2.49. The molecule has 0 radical (unpaired) electrons. The minimum absolute atomic E-state index is 0.0521. The molecule has 2 fully saturated rings. The molecular formula is C17H21ClN2O4S2. The van der Waals surface area contributed by atoms with Crippen LogP contribution >= 0.6 is 23.4 Å².